The van der Waals surface area contributed by atoms with Crippen LogP contribution in [0, 0.1) is 10.7 Å². The fourth-order valence-electron chi connectivity index (χ4n) is 2.45. The van der Waals surface area contributed by atoms with E-state index in [1.165, 1.54) is 19.3 Å². The molecule has 1 saturated heterocycles. The van der Waals surface area contributed by atoms with Crippen LogP contribution >= 0.6 is 12.2 Å². The van der Waals surface area contributed by atoms with E-state index >= 15 is 0 Å². The molecule has 1 N–H and O–H groups in total. The second-order valence-corrected chi connectivity index (χ2v) is 5.70. The molecule has 17 heavy (non-hydrogen) atoms. The molecule has 1 aromatic rings. The van der Waals surface area contributed by atoms with Crippen molar-refractivity contribution in [2.24, 2.45) is 5.92 Å². The van der Waals surface area contributed by atoms with Crippen LogP contribution in [-0.2, 0) is 0 Å². The van der Waals surface area contributed by atoms with Gasteiger partial charge in [0.1, 0.15) is 0 Å². The zero-order chi connectivity index (χ0) is 12.4. The second kappa shape index (κ2) is 5.21. The zero-order valence-corrected chi connectivity index (χ0v) is 11.8. The van der Waals surface area contributed by atoms with Gasteiger partial charge >= 0.3 is 0 Å². The Morgan fingerprint density at radius 1 is 1.35 bits per heavy atom. The van der Waals surface area contributed by atoms with Gasteiger partial charge in [-0.3, -0.25) is 4.57 Å². The Labute approximate surface area is 108 Å². The van der Waals surface area contributed by atoms with Crippen molar-refractivity contribution in [2.75, 3.05) is 18.0 Å². The van der Waals surface area contributed by atoms with Crippen molar-refractivity contribution in [3.05, 3.63) is 4.77 Å². The fraction of sp³-hybridized carbons (Fsp3) is 0.833. The standard InChI is InChI=1S/C12H22N4S/c1-9(2)16-11(13-14-12(16)17)15-7-4-5-10(3)6-8-15/h9-10H,4-8H2,1-3H3,(H,14,17). The van der Waals surface area contributed by atoms with E-state index in [2.05, 4.69) is 40.4 Å². The summed E-state index contributed by atoms with van der Waals surface area (Å²) in [6.45, 7) is 8.82. The molecule has 1 unspecified atom stereocenters. The van der Waals surface area contributed by atoms with Gasteiger partial charge in [0.2, 0.25) is 5.95 Å². The molecule has 1 fully saturated rings. The smallest absolute Gasteiger partial charge is 0.225 e. The molecule has 1 aromatic heterocycles. The van der Waals surface area contributed by atoms with E-state index in [1.807, 2.05) is 0 Å². The van der Waals surface area contributed by atoms with E-state index in [-0.39, 0.29) is 0 Å². The molecule has 0 aromatic carbocycles. The lowest BCUT2D eigenvalue weighted by Crippen LogP contribution is -2.28. The molecule has 0 saturated carbocycles. The Hall–Kier alpha value is -0.840. The van der Waals surface area contributed by atoms with Gasteiger partial charge in [-0.25, -0.2) is 5.10 Å². The number of nitrogens with one attached hydrogen (secondary N) is 1. The molecule has 5 heteroatoms. The first-order valence-electron chi connectivity index (χ1n) is 6.51. The molecule has 0 radical (unpaired) electrons. The number of H-pyrrole nitrogens is 1. The lowest BCUT2D eigenvalue weighted by molar-refractivity contribution is 0.520. The number of hydrogen-bond donors (Lipinski definition) is 1. The molecule has 96 valence electrons. The van der Waals surface area contributed by atoms with Crippen molar-refractivity contribution in [1.29, 1.82) is 0 Å². The van der Waals surface area contributed by atoms with Crippen molar-refractivity contribution < 1.29 is 0 Å². The Kier molecular flexibility index (Phi) is 3.86. The van der Waals surface area contributed by atoms with Crippen molar-refractivity contribution in [3.63, 3.8) is 0 Å². The molecular weight excluding hydrogens is 232 g/mol. The van der Waals surface area contributed by atoms with Crippen molar-refractivity contribution >= 4 is 18.2 Å². The normalized spacial score (nSPS) is 21.9. The summed E-state index contributed by atoms with van der Waals surface area (Å²) in [6, 6.07) is 0.358. The third kappa shape index (κ3) is 2.70. The third-order valence-corrected chi connectivity index (χ3v) is 3.79. The maximum absolute atomic E-state index is 5.29. The van der Waals surface area contributed by atoms with Crippen molar-refractivity contribution in [1.82, 2.24) is 14.8 Å². The molecular formula is C12H22N4S. The van der Waals surface area contributed by atoms with E-state index in [0.717, 1.165) is 29.7 Å². The molecule has 0 aliphatic carbocycles. The minimum Gasteiger partial charge on any atom is -0.341 e. The predicted molar refractivity (Wildman–Crippen MR) is 73.0 cm³/mol. The maximum Gasteiger partial charge on any atom is 0.225 e. The van der Waals surface area contributed by atoms with Gasteiger partial charge in [-0.2, -0.15) is 0 Å². The first-order valence-corrected chi connectivity index (χ1v) is 6.92. The lowest BCUT2D eigenvalue weighted by Gasteiger charge is -2.23. The number of aromatic amines is 1. The van der Waals surface area contributed by atoms with Crippen molar-refractivity contribution in [3.8, 4) is 0 Å². The average Bonchev–Trinajstić information content (AvgIpc) is 2.51. The van der Waals surface area contributed by atoms with Crippen LogP contribution in [0.3, 0.4) is 0 Å². The summed E-state index contributed by atoms with van der Waals surface area (Å²) in [5, 5.41) is 7.32. The van der Waals surface area contributed by atoms with E-state index in [1.54, 1.807) is 0 Å². The van der Waals surface area contributed by atoms with Gasteiger partial charge in [0.15, 0.2) is 4.77 Å². The molecule has 1 aliphatic rings. The molecule has 0 amide bonds. The minimum absolute atomic E-state index is 0.358. The third-order valence-electron chi connectivity index (χ3n) is 3.50. The van der Waals surface area contributed by atoms with E-state index in [0.29, 0.717) is 6.04 Å². The Morgan fingerprint density at radius 2 is 2.12 bits per heavy atom. The number of rotatable bonds is 2. The highest BCUT2D eigenvalue weighted by molar-refractivity contribution is 7.71. The van der Waals surface area contributed by atoms with Gasteiger partial charge in [0, 0.05) is 19.1 Å². The van der Waals surface area contributed by atoms with Gasteiger partial charge in [0.05, 0.1) is 0 Å². The zero-order valence-electron chi connectivity index (χ0n) is 10.9. The first-order chi connectivity index (χ1) is 8.09. The number of aromatic nitrogens is 3. The second-order valence-electron chi connectivity index (χ2n) is 5.32. The summed E-state index contributed by atoms with van der Waals surface area (Å²) in [7, 11) is 0. The first kappa shape index (κ1) is 12.6. The van der Waals surface area contributed by atoms with Crippen LogP contribution in [0.1, 0.15) is 46.1 Å². The number of hydrogen-bond acceptors (Lipinski definition) is 3. The van der Waals surface area contributed by atoms with Crippen LogP contribution in [-0.4, -0.2) is 27.9 Å². The molecule has 2 heterocycles. The van der Waals surface area contributed by atoms with Gasteiger partial charge in [-0.05, 0) is 51.2 Å². The summed E-state index contributed by atoms with van der Waals surface area (Å²) < 4.78 is 2.85. The highest BCUT2D eigenvalue weighted by Crippen LogP contribution is 2.23. The molecule has 1 aliphatic heterocycles. The van der Waals surface area contributed by atoms with Crippen LogP contribution in [0.5, 0.6) is 0 Å². The predicted octanol–water partition coefficient (Wildman–Crippen LogP) is 3.15. The summed E-state index contributed by atoms with van der Waals surface area (Å²) in [6.07, 6.45) is 3.82. The number of nitrogens with zero attached hydrogens (tertiary/aromatic N) is 3. The van der Waals surface area contributed by atoms with Crippen LogP contribution in [0.4, 0.5) is 5.95 Å². The van der Waals surface area contributed by atoms with Crippen LogP contribution < -0.4 is 4.90 Å². The lowest BCUT2D eigenvalue weighted by atomic mass is 10.0. The highest BCUT2D eigenvalue weighted by atomic mass is 32.1. The Bertz CT molecular complexity index is 420. The molecule has 1 atom stereocenters. The molecule has 4 nitrogen and oxygen atoms in total. The molecule has 2 rings (SSSR count). The molecule has 0 bridgehead atoms. The van der Waals surface area contributed by atoms with Crippen LogP contribution in [0.25, 0.3) is 0 Å². The van der Waals surface area contributed by atoms with Gasteiger partial charge < -0.3 is 4.90 Å². The van der Waals surface area contributed by atoms with Gasteiger partial charge in [0.25, 0.3) is 0 Å². The van der Waals surface area contributed by atoms with E-state index in [4.69, 9.17) is 12.2 Å². The minimum atomic E-state index is 0.358. The largest absolute Gasteiger partial charge is 0.341 e. The highest BCUT2D eigenvalue weighted by Gasteiger charge is 2.19. The quantitative estimate of drug-likeness (QED) is 0.824. The summed E-state index contributed by atoms with van der Waals surface area (Å²) in [4.78, 5) is 2.37. The Balaban J connectivity index is 2.24. The van der Waals surface area contributed by atoms with E-state index in [9.17, 15) is 0 Å². The van der Waals surface area contributed by atoms with E-state index < -0.39 is 0 Å². The number of anilines is 1. The topological polar surface area (TPSA) is 36.9 Å². The molecule has 0 spiro atoms. The maximum atomic E-state index is 5.29. The van der Waals surface area contributed by atoms with Gasteiger partial charge in [-0.1, -0.05) is 6.92 Å². The fourth-order valence-corrected chi connectivity index (χ4v) is 2.79. The Morgan fingerprint density at radius 3 is 2.82 bits per heavy atom. The SMILES string of the molecule is CC1CCCN(c2n[nH]c(=S)n2C(C)C)CC1. The van der Waals surface area contributed by atoms with Gasteiger partial charge in [-0.15, -0.1) is 5.10 Å². The summed E-state index contributed by atoms with van der Waals surface area (Å²) in [5.41, 5.74) is 0. The van der Waals surface area contributed by atoms with Crippen LogP contribution in [0.15, 0.2) is 0 Å². The summed E-state index contributed by atoms with van der Waals surface area (Å²) in [5.74, 6) is 1.84. The monoisotopic (exact) mass is 254 g/mol. The summed E-state index contributed by atoms with van der Waals surface area (Å²) >= 11 is 5.29. The van der Waals surface area contributed by atoms with Crippen LogP contribution in [0.2, 0.25) is 0 Å². The van der Waals surface area contributed by atoms with Crippen molar-refractivity contribution in [2.45, 2.75) is 46.1 Å². The average molecular weight is 254 g/mol.